The van der Waals surface area contributed by atoms with E-state index in [1.54, 1.807) is 6.92 Å². The third-order valence-electron chi connectivity index (χ3n) is 2.47. The van der Waals surface area contributed by atoms with Crippen molar-refractivity contribution in [2.24, 2.45) is 5.92 Å². The van der Waals surface area contributed by atoms with Gasteiger partial charge in [0.15, 0.2) is 5.78 Å². The Hall–Kier alpha value is -0.990. The molecule has 1 aliphatic carbocycles. The SMILES string of the molecule is CCC1C(=O)CCCCC(=O)C1=O. The number of rotatable bonds is 1. The van der Waals surface area contributed by atoms with Crippen molar-refractivity contribution in [2.75, 3.05) is 0 Å². The van der Waals surface area contributed by atoms with E-state index in [0.717, 1.165) is 6.42 Å². The van der Waals surface area contributed by atoms with Crippen LogP contribution in [0.5, 0.6) is 0 Å². The zero-order chi connectivity index (χ0) is 9.84. The third-order valence-corrected chi connectivity index (χ3v) is 2.47. The lowest BCUT2D eigenvalue weighted by molar-refractivity contribution is -0.143. The van der Waals surface area contributed by atoms with Crippen molar-refractivity contribution < 1.29 is 14.4 Å². The van der Waals surface area contributed by atoms with Crippen LogP contribution in [0.1, 0.15) is 39.0 Å². The first-order valence-corrected chi connectivity index (χ1v) is 4.76. The summed E-state index contributed by atoms with van der Waals surface area (Å²) < 4.78 is 0. The predicted octanol–water partition coefficient (Wildman–Crippen LogP) is 1.29. The van der Waals surface area contributed by atoms with Crippen LogP contribution in [0, 0.1) is 5.92 Å². The minimum atomic E-state index is -0.646. The topological polar surface area (TPSA) is 51.2 Å². The van der Waals surface area contributed by atoms with Gasteiger partial charge in [-0.3, -0.25) is 14.4 Å². The Morgan fingerprint density at radius 2 is 1.77 bits per heavy atom. The molecule has 13 heavy (non-hydrogen) atoms. The molecule has 0 aromatic carbocycles. The van der Waals surface area contributed by atoms with Gasteiger partial charge in [0.05, 0.1) is 5.92 Å². The second kappa shape index (κ2) is 4.30. The molecular weight excluding hydrogens is 168 g/mol. The molecular formula is C10H14O3. The molecule has 0 amide bonds. The van der Waals surface area contributed by atoms with Gasteiger partial charge in [-0.05, 0) is 19.3 Å². The first-order chi connectivity index (χ1) is 6.16. The smallest absolute Gasteiger partial charge is 0.208 e. The van der Waals surface area contributed by atoms with Crippen LogP contribution in [0.2, 0.25) is 0 Å². The number of hydrogen-bond acceptors (Lipinski definition) is 3. The fourth-order valence-corrected chi connectivity index (χ4v) is 1.64. The van der Waals surface area contributed by atoms with Crippen molar-refractivity contribution in [1.82, 2.24) is 0 Å². The van der Waals surface area contributed by atoms with E-state index < -0.39 is 11.7 Å². The van der Waals surface area contributed by atoms with Crippen molar-refractivity contribution in [3.63, 3.8) is 0 Å². The minimum absolute atomic E-state index is 0.0550. The Labute approximate surface area is 77.5 Å². The summed E-state index contributed by atoms with van der Waals surface area (Å²) >= 11 is 0. The molecule has 1 fully saturated rings. The highest BCUT2D eigenvalue weighted by molar-refractivity contribution is 6.41. The van der Waals surface area contributed by atoms with Crippen LogP contribution in [0.3, 0.4) is 0 Å². The number of ketones is 3. The fourth-order valence-electron chi connectivity index (χ4n) is 1.64. The number of Topliss-reactive ketones (excluding diaryl/α,β-unsaturated/α-hetero) is 3. The third kappa shape index (κ3) is 2.23. The first-order valence-electron chi connectivity index (χ1n) is 4.76. The van der Waals surface area contributed by atoms with Crippen LogP contribution in [-0.2, 0) is 14.4 Å². The lowest BCUT2D eigenvalue weighted by Crippen LogP contribution is -2.31. The average Bonchev–Trinajstić information content (AvgIpc) is 2.11. The molecule has 0 aromatic rings. The number of carbonyl (C=O) groups is 3. The van der Waals surface area contributed by atoms with Gasteiger partial charge in [-0.25, -0.2) is 0 Å². The highest BCUT2D eigenvalue weighted by Gasteiger charge is 2.30. The summed E-state index contributed by atoms with van der Waals surface area (Å²) in [7, 11) is 0. The molecule has 1 unspecified atom stereocenters. The molecule has 3 heteroatoms. The van der Waals surface area contributed by atoms with Crippen LogP contribution in [0.15, 0.2) is 0 Å². The Morgan fingerprint density at radius 1 is 1.15 bits per heavy atom. The van der Waals surface area contributed by atoms with Crippen LogP contribution < -0.4 is 0 Å². The number of carbonyl (C=O) groups excluding carboxylic acids is 3. The minimum Gasteiger partial charge on any atom is -0.299 e. The van der Waals surface area contributed by atoms with Gasteiger partial charge < -0.3 is 0 Å². The summed E-state index contributed by atoms with van der Waals surface area (Å²) in [5.74, 6) is -1.53. The zero-order valence-electron chi connectivity index (χ0n) is 7.84. The molecule has 1 atom stereocenters. The van der Waals surface area contributed by atoms with E-state index >= 15 is 0 Å². The summed E-state index contributed by atoms with van der Waals surface area (Å²) in [6.45, 7) is 1.77. The zero-order valence-corrected chi connectivity index (χ0v) is 7.84. The summed E-state index contributed by atoms with van der Waals surface area (Å²) in [4.78, 5) is 33.9. The maximum absolute atomic E-state index is 11.4. The van der Waals surface area contributed by atoms with Gasteiger partial charge in [0.1, 0.15) is 5.78 Å². The summed E-state index contributed by atoms with van der Waals surface area (Å²) in [6.07, 6.45) is 2.66. The van der Waals surface area contributed by atoms with Crippen LogP contribution in [-0.4, -0.2) is 17.3 Å². The largest absolute Gasteiger partial charge is 0.299 e. The molecule has 72 valence electrons. The molecule has 1 aliphatic rings. The molecule has 0 heterocycles. The van der Waals surface area contributed by atoms with E-state index in [4.69, 9.17) is 0 Å². The molecule has 0 spiro atoms. The molecule has 0 radical (unpaired) electrons. The van der Waals surface area contributed by atoms with Crippen molar-refractivity contribution in [3.8, 4) is 0 Å². The van der Waals surface area contributed by atoms with Crippen molar-refractivity contribution in [2.45, 2.75) is 39.0 Å². The average molecular weight is 182 g/mol. The van der Waals surface area contributed by atoms with E-state index in [2.05, 4.69) is 0 Å². The Bertz CT molecular complexity index is 243. The van der Waals surface area contributed by atoms with E-state index in [1.807, 2.05) is 0 Å². The van der Waals surface area contributed by atoms with E-state index in [0.29, 0.717) is 25.7 Å². The normalized spacial score (nSPS) is 25.6. The summed E-state index contributed by atoms with van der Waals surface area (Å²) in [5.41, 5.74) is 0. The van der Waals surface area contributed by atoms with Crippen LogP contribution in [0.25, 0.3) is 0 Å². The standard InChI is InChI=1S/C10H14O3/c1-2-7-8(11)5-3-4-6-9(12)10(7)13/h7H,2-6H2,1H3. The fraction of sp³-hybridized carbons (Fsp3) is 0.700. The predicted molar refractivity (Wildman–Crippen MR) is 47.3 cm³/mol. The van der Waals surface area contributed by atoms with E-state index in [1.165, 1.54) is 0 Å². The Kier molecular flexibility index (Phi) is 3.34. The Morgan fingerprint density at radius 3 is 2.38 bits per heavy atom. The van der Waals surface area contributed by atoms with Crippen molar-refractivity contribution in [3.05, 3.63) is 0 Å². The van der Waals surface area contributed by atoms with Gasteiger partial charge in [0, 0.05) is 12.8 Å². The van der Waals surface area contributed by atoms with E-state index in [-0.39, 0.29) is 11.6 Å². The monoisotopic (exact) mass is 182 g/mol. The molecule has 1 saturated carbocycles. The molecule has 0 aliphatic heterocycles. The molecule has 3 nitrogen and oxygen atoms in total. The van der Waals surface area contributed by atoms with Gasteiger partial charge in [0.25, 0.3) is 0 Å². The highest BCUT2D eigenvalue weighted by atomic mass is 16.2. The van der Waals surface area contributed by atoms with Crippen LogP contribution >= 0.6 is 0 Å². The van der Waals surface area contributed by atoms with Gasteiger partial charge in [-0.2, -0.15) is 0 Å². The van der Waals surface area contributed by atoms with Gasteiger partial charge in [-0.15, -0.1) is 0 Å². The highest BCUT2D eigenvalue weighted by Crippen LogP contribution is 2.17. The maximum atomic E-state index is 11.4. The van der Waals surface area contributed by atoms with E-state index in [9.17, 15) is 14.4 Å². The first kappa shape index (κ1) is 10.1. The lowest BCUT2D eigenvalue weighted by atomic mass is 9.86. The quantitative estimate of drug-likeness (QED) is 0.453. The molecule has 0 N–H and O–H groups in total. The second-order valence-electron chi connectivity index (χ2n) is 3.42. The molecule has 0 saturated heterocycles. The summed E-state index contributed by atoms with van der Waals surface area (Å²) in [6, 6.07) is 0. The van der Waals surface area contributed by atoms with Gasteiger partial charge in [-0.1, -0.05) is 6.92 Å². The lowest BCUT2D eigenvalue weighted by Gasteiger charge is -2.14. The van der Waals surface area contributed by atoms with Crippen molar-refractivity contribution >= 4 is 17.3 Å². The van der Waals surface area contributed by atoms with Gasteiger partial charge in [0.2, 0.25) is 5.78 Å². The molecule has 1 rings (SSSR count). The second-order valence-corrected chi connectivity index (χ2v) is 3.42. The summed E-state index contributed by atoms with van der Waals surface area (Å²) in [5, 5.41) is 0. The number of hydrogen-bond donors (Lipinski definition) is 0. The molecule has 0 bridgehead atoms. The van der Waals surface area contributed by atoms with Crippen molar-refractivity contribution in [1.29, 1.82) is 0 Å². The molecule has 0 aromatic heterocycles. The Balaban J connectivity index is 2.79. The maximum Gasteiger partial charge on any atom is 0.208 e. The van der Waals surface area contributed by atoms with Gasteiger partial charge >= 0.3 is 0 Å². The van der Waals surface area contributed by atoms with Crippen LogP contribution in [0.4, 0.5) is 0 Å².